The van der Waals surface area contributed by atoms with Gasteiger partial charge < -0.3 is 14.2 Å². The van der Waals surface area contributed by atoms with Gasteiger partial charge in [0.15, 0.2) is 0 Å². The maximum absolute atomic E-state index is 13.0. The monoisotopic (exact) mass is 380 g/mol. The zero-order valence-electron chi connectivity index (χ0n) is 15.3. The summed E-state index contributed by atoms with van der Waals surface area (Å²) in [6, 6.07) is 15.3. The number of carbonyl (C=O) groups is 1. The lowest BCUT2D eigenvalue weighted by Gasteiger charge is -2.29. The van der Waals surface area contributed by atoms with Crippen molar-refractivity contribution in [3.8, 4) is 5.75 Å². The Morgan fingerprint density at radius 1 is 1.19 bits per heavy atom. The predicted molar refractivity (Wildman–Crippen MR) is 106 cm³/mol. The second kappa shape index (κ2) is 7.48. The van der Waals surface area contributed by atoms with Crippen LogP contribution in [0.2, 0.25) is 0 Å². The van der Waals surface area contributed by atoms with Crippen LogP contribution in [-0.2, 0) is 6.61 Å². The van der Waals surface area contributed by atoms with Crippen LogP contribution in [0.3, 0.4) is 0 Å². The number of aryl methyl sites for hydroxylation is 2. The number of thioether (sulfide) groups is 1. The van der Waals surface area contributed by atoms with Gasteiger partial charge in [-0.1, -0.05) is 17.3 Å². The average molecular weight is 380 g/mol. The molecule has 0 aliphatic carbocycles. The summed E-state index contributed by atoms with van der Waals surface area (Å²) in [6.45, 7) is 4.87. The Morgan fingerprint density at radius 3 is 2.70 bits per heavy atom. The van der Waals surface area contributed by atoms with Gasteiger partial charge in [-0.05, 0) is 50.2 Å². The molecule has 0 atom stereocenters. The molecule has 6 heteroatoms. The number of aromatic nitrogens is 1. The first kappa shape index (κ1) is 17.7. The van der Waals surface area contributed by atoms with E-state index in [2.05, 4.69) is 11.2 Å². The third-order valence-electron chi connectivity index (χ3n) is 4.64. The van der Waals surface area contributed by atoms with Crippen LogP contribution < -0.4 is 9.64 Å². The van der Waals surface area contributed by atoms with Crippen molar-refractivity contribution in [2.24, 2.45) is 0 Å². The molecule has 2 aromatic carbocycles. The quantitative estimate of drug-likeness (QED) is 0.661. The Balaban J connectivity index is 1.47. The molecule has 2 heterocycles. The van der Waals surface area contributed by atoms with Gasteiger partial charge in [0.1, 0.15) is 18.1 Å². The Hall–Kier alpha value is -2.73. The van der Waals surface area contributed by atoms with Gasteiger partial charge in [0.2, 0.25) is 0 Å². The van der Waals surface area contributed by atoms with Gasteiger partial charge in [-0.25, -0.2) is 0 Å². The molecule has 138 valence electrons. The standard InChI is InChI=1S/C21H20N2O3S/c1-14-18(15(2)26-22-14)13-25-17-9-7-16(8-10-17)21(24)23-11-12-27-20-6-4-3-5-19(20)23/h3-10H,11-13H2,1-2H3. The number of rotatable bonds is 4. The Kier molecular flexibility index (Phi) is 4.90. The molecule has 1 aliphatic rings. The molecule has 27 heavy (non-hydrogen) atoms. The number of para-hydroxylation sites is 1. The normalized spacial score (nSPS) is 13.3. The molecule has 0 fully saturated rings. The Bertz CT molecular complexity index is 946. The van der Waals surface area contributed by atoms with Gasteiger partial charge in [-0.15, -0.1) is 11.8 Å². The molecular weight excluding hydrogens is 360 g/mol. The zero-order valence-corrected chi connectivity index (χ0v) is 16.1. The van der Waals surface area contributed by atoms with Gasteiger partial charge in [-0.2, -0.15) is 0 Å². The maximum atomic E-state index is 13.0. The molecule has 1 aliphatic heterocycles. The number of nitrogens with zero attached hydrogens (tertiary/aromatic N) is 2. The molecule has 1 aromatic heterocycles. The molecule has 1 amide bonds. The zero-order chi connectivity index (χ0) is 18.8. The number of amides is 1. The number of anilines is 1. The molecule has 4 rings (SSSR count). The molecule has 0 bridgehead atoms. The van der Waals surface area contributed by atoms with Crippen LogP contribution in [0.1, 0.15) is 27.4 Å². The second-order valence-corrected chi connectivity index (χ2v) is 7.53. The minimum absolute atomic E-state index is 0.0139. The fraction of sp³-hybridized carbons (Fsp3) is 0.238. The van der Waals surface area contributed by atoms with Gasteiger partial charge in [0.05, 0.1) is 16.9 Å². The minimum atomic E-state index is 0.0139. The SMILES string of the molecule is Cc1noc(C)c1COc1ccc(C(=O)N2CCSc3ccccc32)cc1. The second-order valence-electron chi connectivity index (χ2n) is 6.39. The van der Waals surface area contributed by atoms with Crippen molar-refractivity contribution in [2.75, 3.05) is 17.2 Å². The molecule has 0 saturated heterocycles. The number of hydrogen-bond donors (Lipinski definition) is 0. The van der Waals surface area contributed by atoms with E-state index in [9.17, 15) is 4.79 Å². The average Bonchev–Trinajstić information content (AvgIpc) is 3.03. The van der Waals surface area contributed by atoms with Crippen LogP contribution in [0, 0.1) is 13.8 Å². The van der Waals surface area contributed by atoms with E-state index in [4.69, 9.17) is 9.26 Å². The van der Waals surface area contributed by atoms with E-state index in [1.54, 1.807) is 11.8 Å². The van der Waals surface area contributed by atoms with Crippen molar-refractivity contribution in [1.82, 2.24) is 5.16 Å². The summed E-state index contributed by atoms with van der Waals surface area (Å²) in [5.74, 6) is 2.39. The number of benzene rings is 2. The van der Waals surface area contributed by atoms with E-state index in [0.29, 0.717) is 24.5 Å². The lowest BCUT2D eigenvalue weighted by molar-refractivity contribution is 0.0987. The molecule has 0 unspecified atom stereocenters. The molecule has 0 radical (unpaired) electrons. The fourth-order valence-corrected chi connectivity index (χ4v) is 4.09. The van der Waals surface area contributed by atoms with Crippen LogP contribution in [0.25, 0.3) is 0 Å². The van der Waals surface area contributed by atoms with Crippen molar-refractivity contribution in [3.05, 3.63) is 71.1 Å². The Labute approximate surface area is 162 Å². The number of carbonyl (C=O) groups excluding carboxylic acids is 1. The van der Waals surface area contributed by atoms with Gasteiger partial charge in [-0.3, -0.25) is 4.79 Å². The van der Waals surface area contributed by atoms with E-state index >= 15 is 0 Å². The van der Waals surface area contributed by atoms with E-state index in [1.807, 2.05) is 61.2 Å². The first-order chi connectivity index (χ1) is 13.1. The highest BCUT2D eigenvalue weighted by molar-refractivity contribution is 7.99. The fourth-order valence-electron chi connectivity index (χ4n) is 3.09. The van der Waals surface area contributed by atoms with Crippen molar-refractivity contribution < 1.29 is 14.1 Å². The largest absolute Gasteiger partial charge is 0.489 e. The van der Waals surface area contributed by atoms with E-state index in [0.717, 1.165) is 33.4 Å². The molecule has 0 saturated carbocycles. The summed E-state index contributed by atoms with van der Waals surface area (Å²) >= 11 is 1.79. The molecular formula is C21H20N2O3S. The third-order valence-corrected chi connectivity index (χ3v) is 5.68. The summed E-state index contributed by atoms with van der Waals surface area (Å²) in [4.78, 5) is 16.0. The van der Waals surface area contributed by atoms with Crippen LogP contribution in [0.15, 0.2) is 57.9 Å². The summed E-state index contributed by atoms with van der Waals surface area (Å²) in [5.41, 5.74) is 3.43. The number of ether oxygens (including phenoxy) is 1. The number of fused-ring (bicyclic) bond motifs is 1. The van der Waals surface area contributed by atoms with Crippen LogP contribution >= 0.6 is 11.8 Å². The first-order valence-electron chi connectivity index (χ1n) is 8.82. The highest BCUT2D eigenvalue weighted by Gasteiger charge is 2.23. The molecule has 3 aromatic rings. The predicted octanol–water partition coefficient (Wildman–Crippen LogP) is 4.62. The van der Waals surface area contributed by atoms with Crippen molar-refractivity contribution >= 4 is 23.4 Å². The van der Waals surface area contributed by atoms with Crippen molar-refractivity contribution in [2.45, 2.75) is 25.3 Å². The highest BCUT2D eigenvalue weighted by Crippen LogP contribution is 2.35. The minimum Gasteiger partial charge on any atom is -0.489 e. The molecule has 5 nitrogen and oxygen atoms in total. The number of hydrogen-bond acceptors (Lipinski definition) is 5. The Morgan fingerprint density at radius 2 is 1.96 bits per heavy atom. The summed E-state index contributed by atoms with van der Waals surface area (Å²) < 4.78 is 11.0. The van der Waals surface area contributed by atoms with Crippen molar-refractivity contribution in [1.29, 1.82) is 0 Å². The van der Waals surface area contributed by atoms with Gasteiger partial charge >= 0.3 is 0 Å². The van der Waals surface area contributed by atoms with Crippen LogP contribution in [0.4, 0.5) is 5.69 Å². The van der Waals surface area contributed by atoms with Crippen molar-refractivity contribution in [3.63, 3.8) is 0 Å². The summed E-state index contributed by atoms with van der Waals surface area (Å²) in [7, 11) is 0. The highest BCUT2D eigenvalue weighted by atomic mass is 32.2. The van der Waals surface area contributed by atoms with E-state index in [1.165, 1.54) is 0 Å². The lowest BCUT2D eigenvalue weighted by atomic mass is 10.1. The topological polar surface area (TPSA) is 55.6 Å². The first-order valence-corrected chi connectivity index (χ1v) is 9.80. The lowest BCUT2D eigenvalue weighted by Crippen LogP contribution is -2.35. The van der Waals surface area contributed by atoms with Gasteiger partial charge in [0, 0.05) is 22.8 Å². The van der Waals surface area contributed by atoms with E-state index < -0.39 is 0 Å². The smallest absolute Gasteiger partial charge is 0.258 e. The van der Waals surface area contributed by atoms with Crippen LogP contribution in [-0.4, -0.2) is 23.4 Å². The third kappa shape index (κ3) is 3.57. The maximum Gasteiger partial charge on any atom is 0.258 e. The van der Waals surface area contributed by atoms with E-state index in [-0.39, 0.29) is 5.91 Å². The van der Waals surface area contributed by atoms with Gasteiger partial charge in [0.25, 0.3) is 5.91 Å². The van der Waals surface area contributed by atoms with Crippen LogP contribution in [0.5, 0.6) is 5.75 Å². The molecule has 0 N–H and O–H groups in total. The summed E-state index contributed by atoms with van der Waals surface area (Å²) in [5, 5.41) is 3.93. The summed E-state index contributed by atoms with van der Waals surface area (Å²) in [6.07, 6.45) is 0. The molecule has 0 spiro atoms.